The van der Waals surface area contributed by atoms with Gasteiger partial charge in [-0.1, -0.05) is 268 Å². The fourth-order valence-electron chi connectivity index (χ4n) is 8.71. The van der Waals surface area contributed by atoms with E-state index >= 15 is 0 Å². The first-order valence-electron chi connectivity index (χ1n) is 29.5. The average Bonchev–Trinajstić information content (AvgIpc) is 3.31. The molecule has 8 nitrogen and oxygen atoms in total. The third-order valence-corrected chi connectivity index (χ3v) is 14.3. The summed E-state index contributed by atoms with van der Waals surface area (Å²) in [4.78, 5) is 23.2. The quantitative estimate of drug-likeness (QED) is 0.0243. The molecule has 406 valence electrons. The number of unbranched alkanes of at least 4 members (excludes halogenated alkanes) is 35. The van der Waals surface area contributed by atoms with E-state index < -0.39 is 20.0 Å². The van der Waals surface area contributed by atoms with Crippen LogP contribution in [0.5, 0.6) is 0 Å². The zero-order chi connectivity index (χ0) is 50.6. The maximum atomic E-state index is 12.9. The second kappa shape index (κ2) is 51.4. The Morgan fingerprint density at radius 2 is 0.870 bits per heavy atom. The Labute approximate surface area is 429 Å². The second-order valence-electron chi connectivity index (χ2n) is 21.3. The number of carbonyl (C=O) groups excluding carboxylic acids is 1. The van der Waals surface area contributed by atoms with Crippen LogP contribution in [0.2, 0.25) is 0 Å². The Bertz CT molecular complexity index is 1260. The van der Waals surface area contributed by atoms with Gasteiger partial charge in [0, 0.05) is 6.42 Å². The molecule has 1 amide bonds. The first kappa shape index (κ1) is 67.5. The van der Waals surface area contributed by atoms with Crippen molar-refractivity contribution in [2.45, 2.75) is 289 Å². The first-order valence-corrected chi connectivity index (χ1v) is 31.0. The number of nitrogens with one attached hydrogen (secondary N) is 1. The number of quaternary nitrogens is 1. The van der Waals surface area contributed by atoms with Crippen LogP contribution in [-0.2, 0) is 18.4 Å². The van der Waals surface area contributed by atoms with Gasteiger partial charge in [0.2, 0.25) is 5.91 Å². The van der Waals surface area contributed by atoms with Gasteiger partial charge in [-0.05, 0) is 51.4 Å². The summed E-state index contributed by atoms with van der Waals surface area (Å²) in [5, 5.41) is 13.9. The third-order valence-electron chi connectivity index (χ3n) is 13.3. The number of nitrogens with zero attached hydrogens (tertiary/aromatic N) is 1. The van der Waals surface area contributed by atoms with Gasteiger partial charge in [0.25, 0.3) is 0 Å². The monoisotopic (exact) mass is 992 g/mol. The average molecular weight is 993 g/mol. The van der Waals surface area contributed by atoms with Gasteiger partial charge in [-0.25, -0.2) is 4.57 Å². The van der Waals surface area contributed by atoms with Crippen molar-refractivity contribution in [3.05, 3.63) is 48.6 Å². The van der Waals surface area contributed by atoms with Crippen LogP contribution in [0.1, 0.15) is 277 Å². The van der Waals surface area contributed by atoms with Gasteiger partial charge in [0.15, 0.2) is 0 Å². The molecule has 0 spiro atoms. The highest BCUT2D eigenvalue weighted by Gasteiger charge is 2.27. The number of carbonyl (C=O) groups is 1. The fraction of sp³-hybridized carbons (Fsp3) is 0.850. The molecular weight excluding hydrogens is 876 g/mol. The molecule has 0 aromatic carbocycles. The SMILES string of the molecule is CC/C=C\C/C=C\C/C=C\CCCCCCCC(=O)NC(COP(=O)(O)OCC[N+](C)(C)C)C(O)/C=C/CCCCCCCCCCCCCCCCCCCCCCCCCCCCCCCC. The number of amides is 1. The van der Waals surface area contributed by atoms with Crippen molar-refractivity contribution in [2.75, 3.05) is 40.9 Å². The van der Waals surface area contributed by atoms with E-state index in [1.54, 1.807) is 6.08 Å². The molecule has 0 rings (SSSR count). The lowest BCUT2D eigenvalue weighted by molar-refractivity contribution is -0.870. The number of phosphoric acid groups is 1. The van der Waals surface area contributed by atoms with Crippen molar-refractivity contribution in [1.29, 1.82) is 0 Å². The predicted octanol–water partition coefficient (Wildman–Crippen LogP) is 17.9. The normalized spacial score (nSPS) is 14.2. The number of aliphatic hydroxyl groups is 1. The maximum absolute atomic E-state index is 12.9. The number of rotatable bonds is 54. The van der Waals surface area contributed by atoms with Crippen LogP contribution in [0, 0.1) is 0 Å². The Kier molecular flexibility index (Phi) is 50.2. The molecule has 0 aliphatic heterocycles. The van der Waals surface area contributed by atoms with Crippen molar-refractivity contribution in [1.82, 2.24) is 5.32 Å². The van der Waals surface area contributed by atoms with Gasteiger partial charge in [-0.2, -0.15) is 0 Å². The molecule has 69 heavy (non-hydrogen) atoms. The summed E-state index contributed by atoms with van der Waals surface area (Å²) in [6, 6.07) is -0.857. The standard InChI is InChI=1S/C60H115N2O6P/c1-6-8-10-12-14-16-18-20-22-23-24-25-26-27-28-29-30-31-32-33-34-35-36-37-38-40-41-43-45-47-49-51-53-59(63)58(57-68-69(65,66)67-56-55-62(3,4)5)61-60(64)54-52-50-48-46-44-42-39-21-19-17-15-13-11-9-7-2/h9,11,15,17,21,39,51,53,58-59,63H,6-8,10,12-14,16,18-20,22-38,40-50,52,54-57H2,1-5H3,(H-,61,64,65,66)/p+1/b11-9-,17-15-,39-21-,53-51+. The van der Waals surface area contributed by atoms with E-state index in [1.165, 1.54) is 180 Å². The molecule has 0 aromatic rings. The number of phosphoric ester groups is 1. The molecule has 9 heteroatoms. The number of allylic oxidation sites excluding steroid dienone is 7. The molecule has 0 heterocycles. The lowest BCUT2D eigenvalue weighted by Crippen LogP contribution is -2.45. The largest absolute Gasteiger partial charge is 0.472 e. The maximum Gasteiger partial charge on any atom is 0.472 e. The van der Waals surface area contributed by atoms with Crippen LogP contribution in [0.3, 0.4) is 0 Å². The molecule has 0 radical (unpaired) electrons. The van der Waals surface area contributed by atoms with Crippen molar-refractivity contribution < 1.29 is 32.9 Å². The highest BCUT2D eigenvalue weighted by Crippen LogP contribution is 2.43. The van der Waals surface area contributed by atoms with E-state index in [2.05, 4.69) is 55.6 Å². The molecule has 0 aliphatic rings. The smallest absolute Gasteiger partial charge is 0.387 e. The van der Waals surface area contributed by atoms with Gasteiger partial charge in [-0.3, -0.25) is 13.8 Å². The van der Waals surface area contributed by atoms with Crippen LogP contribution in [-0.4, -0.2) is 73.4 Å². The summed E-state index contributed by atoms with van der Waals surface area (Å²) >= 11 is 0. The summed E-state index contributed by atoms with van der Waals surface area (Å²) in [5.74, 6) is -0.193. The van der Waals surface area contributed by atoms with Gasteiger partial charge in [0.1, 0.15) is 13.2 Å². The van der Waals surface area contributed by atoms with Crippen molar-refractivity contribution in [3.63, 3.8) is 0 Å². The van der Waals surface area contributed by atoms with Crippen molar-refractivity contribution in [2.24, 2.45) is 0 Å². The molecule has 0 saturated heterocycles. The van der Waals surface area contributed by atoms with Crippen LogP contribution in [0.4, 0.5) is 0 Å². The molecular formula is C60H116N2O6P+. The van der Waals surface area contributed by atoms with Gasteiger partial charge >= 0.3 is 7.82 Å². The minimum atomic E-state index is -4.35. The van der Waals surface area contributed by atoms with Crippen LogP contribution in [0.25, 0.3) is 0 Å². The van der Waals surface area contributed by atoms with E-state index in [-0.39, 0.29) is 19.1 Å². The van der Waals surface area contributed by atoms with E-state index in [4.69, 9.17) is 9.05 Å². The molecule has 0 saturated carbocycles. The summed E-state index contributed by atoms with van der Waals surface area (Å²) in [5.41, 5.74) is 0. The lowest BCUT2D eigenvalue weighted by Gasteiger charge is -2.25. The lowest BCUT2D eigenvalue weighted by atomic mass is 10.0. The Balaban J connectivity index is 4.08. The van der Waals surface area contributed by atoms with Crippen LogP contribution < -0.4 is 5.32 Å². The molecule has 0 bridgehead atoms. The molecule has 0 aromatic heterocycles. The minimum absolute atomic E-state index is 0.0568. The zero-order valence-electron chi connectivity index (χ0n) is 46.3. The molecule has 3 N–H and O–H groups in total. The molecule has 3 atom stereocenters. The van der Waals surface area contributed by atoms with Crippen LogP contribution in [0.15, 0.2) is 48.6 Å². The summed E-state index contributed by atoms with van der Waals surface area (Å²) in [6.07, 6.45) is 68.1. The summed E-state index contributed by atoms with van der Waals surface area (Å²) in [6.45, 7) is 4.71. The van der Waals surface area contributed by atoms with E-state index in [1.807, 2.05) is 27.2 Å². The Hall–Kier alpha value is -1.54. The highest BCUT2D eigenvalue weighted by atomic mass is 31.2. The third kappa shape index (κ3) is 54.1. The van der Waals surface area contributed by atoms with E-state index in [0.717, 1.165) is 77.0 Å². The van der Waals surface area contributed by atoms with Gasteiger partial charge in [-0.15, -0.1) is 0 Å². The highest BCUT2D eigenvalue weighted by molar-refractivity contribution is 7.47. The summed E-state index contributed by atoms with van der Waals surface area (Å²) in [7, 11) is 1.56. The van der Waals surface area contributed by atoms with E-state index in [0.29, 0.717) is 17.4 Å². The Morgan fingerprint density at radius 3 is 1.28 bits per heavy atom. The fourth-order valence-corrected chi connectivity index (χ4v) is 9.44. The Morgan fingerprint density at radius 1 is 0.507 bits per heavy atom. The number of likely N-dealkylation sites (N-methyl/N-ethyl adjacent to an activating group) is 1. The molecule has 0 fully saturated rings. The molecule has 0 aliphatic carbocycles. The predicted molar refractivity (Wildman–Crippen MR) is 300 cm³/mol. The van der Waals surface area contributed by atoms with Gasteiger partial charge < -0.3 is 19.8 Å². The number of hydrogen-bond acceptors (Lipinski definition) is 5. The van der Waals surface area contributed by atoms with Gasteiger partial charge in [0.05, 0.1) is 39.9 Å². The molecule has 3 unspecified atom stereocenters. The zero-order valence-corrected chi connectivity index (χ0v) is 47.2. The van der Waals surface area contributed by atoms with Crippen molar-refractivity contribution in [3.8, 4) is 0 Å². The topological polar surface area (TPSA) is 105 Å². The first-order chi connectivity index (χ1) is 33.5. The number of hydrogen-bond donors (Lipinski definition) is 3. The summed E-state index contributed by atoms with van der Waals surface area (Å²) < 4.78 is 23.7. The second-order valence-corrected chi connectivity index (χ2v) is 22.8. The van der Waals surface area contributed by atoms with E-state index in [9.17, 15) is 19.4 Å². The van der Waals surface area contributed by atoms with Crippen LogP contribution >= 0.6 is 7.82 Å². The minimum Gasteiger partial charge on any atom is -0.387 e. The number of aliphatic hydroxyl groups excluding tert-OH is 1. The van der Waals surface area contributed by atoms with Crippen molar-refractivity contribution >= 4 is 13.7 Å².